The van der Waals surface area contributed by atoms with E-state index in [1.54, 1.807) is 7.05 Å². The molecule has 0 spiro atoms. The van der Waals surface area contributed by atoms with Crippen LogP contribution in [-0.2, 0) is 12.8 Å². The van der Waals surface area contributed by atoms with Gasteiger partial charge in [-0.05, 0) is 41.5 Å². The first-order valence-electron chi connectivity index (χ1n) is 6.08. The van der Waals surface area contributed by atoms with Crippen LogP contribution in [0, 0.1) is 0 Å². The Kier molecular flexibility index (Phi) is 1.63. The van der Waals surface area contributed by atoms with Crippen LogP contribution in [0.5, 0.6) is 0 Å². The van der Waals surface area contributed by atoms with Crippen LogP contribution < -0.4 is 0 Å². The van der Waals surface area contributed by atoms with Gasteiger partial charge in [0.15, 0.2) is 0 Å². The lowest BCUT2D eigenvalue weighted by Gasteiger charge is -2.24. The Hall–Kier alpha value is -2.16. The molecule has 1 aliphatic carbocycles. The predicted octanol–water partition coefficient (Wildman–Crippen LogP) is 2.16. The highest BCUT2D eigenvalue weighted by Crippen LogP contribution is 2.37. The maximum Gasteiger partial charge on any atom is 0.261 e. The van der Waals surface area contributed by atoms with Gasteiger partial charge in [-0.3, -0.25) is 14.5 Å². The highest BCUT2D eigenvalue weighted by atomic mass is 16.2. The van der Waals surface area contributed by atoms with Crippen molar-refractivity contribution in [2.45, 2.75) is 12.8 Å². The third-order valence-electron chi connectivity index (χ3n) is 4.07. The molecule has 0 fully saturated rings. The first-order chi connectivity index (χ1) is 8.68. The number of benzene rings is 2. The number of hydrogen-bond donors (Lipinski definition) is 0. The van der Waals surface area contributed by atoms with E-state index in [4.69, 9.17) is 0 Å². The molecule has 0 saturated carbocycles. The van der Waals surface area contributed by atoms with Crippen molar-refractivity contribution in [1.29, 1.82) is 0 Å². The molecule has 2 aromatic carbocycles. The second-order valence-corrected chi connectivity index (χ2v) is 4.96. The van der Waals surface area contributed by atoms with E-state index < -0.39 is 0 Å². The van der Waals surface area contributed by atoms with E-state index in [1.165, 1.54) is 16.0 Å². The Labute approximate surface area is 104 Å². The molecule has 0 unspecified atom stereocenters. The minimum Gasteiger partial charge on any atom is -0.277 e. The molecular weight excluding hydrogens is 226 g/mol. The Morgan fingerprint density at radius 1 is 0.833 bits per heavy atom. The van der Waals surface area contributed by atoms with Gasteiger partial charge in [0.2, 0.25) is 0 Å². The average Bonchev–Trinajstić information content (AvgIpc) is 2.81. The SMILES string of the molecule is CN1C(=O)c2ccc3c4c(ccc(c24)C1=O)CC3. The van der Waals surface area contributed by atoms with Crippen LogP contribution in [0.4, 0.5) is 0 Å². The fourth-order valence-corrected chi connectivity index (χ4v) is 3.14. The van der Waals surface area contributed by atoms with Gasteiger partial charge >= 0.3 is 0 Å². The third-order valence-corrected chi connectivity index (χ3v) is 4.07. The van der Waals surface area contributed by atoms with Crippen molar-refractivity contribution in [3.8, 4) is 0 Å². The summed E-state index contributed by atoms with van der Waals surface area (Å²) in [5, 5.41) is 2.01. The molecule has 0 radical (unpaired) electrons. The topological polar surface area (TPSA) is 37.4 Å². The molecule has 0 bridgehead atoms. The molecule has 0 N–H and O–H groups in total. The summed E-state index contributed by atoms with van der Waals surface area (Å²) in [6.45, 7) is 0. The van der Waals surface area contributed by atoms with Gasteiger partial charge in [-0.1, -0.05) is 12.1 Å². The first kappa shape index (κ1) is 9.83. The van der Waals surface area contributed by atoms with E-state index in [0.717, 1.165) is 23.6 Å². The summed E-state index contributed by atoms with van der Waals surface area (Å²) in [5.74, 6) is -0.383. The summed E-state index contributed by atoms with van der Waals surface area (Å²) >= 11 is 0. The largest absolute Gasteiger partial charge is 0.277 e. The Morgan fingerprint density at radius 2 is 1.33 bits per heavy atom. The number of nitrogens with zero attached hydrogens (tertiary/aromatic N) is 1. The Balaban J connectivity index is 2.26. The number of imide groups is 1. The summed E-state index contributed by atoms with van der Waals surface area (Å²) in [4.78, 5) is 25.5. The van der Waals surface area contributed by atoms with Crippen LogP contribution in [0.2, 0.25) is 0 Å². The third kappa shape index (κ3) is 0.957. The van der Waals surface area contributed by atoms with Crippen molar-refractivity contribution < 1.29 is 9.59 Å². The van der Waals surface area contributed by atoms with Crippen molar-refractivity contribution in [2.24, 2.45) is 0 Å². The van der Waals surface area contributed by atoms with Crippen LogP contribution in [0.15, 0.2) is 24.3 Å². The molecule has 0 saturated heterocycles. The molecule has 2 aromatic rings. The second kappa shape index (κ2) is 2.99. The van der Waals surface area contributed by atoms with Gasteiger partial charge in [0.05, 0.1) is 0 Å². The predicted molar refractivity (Wildman–Crippen MR) is 67.8 cm³/mol. The molecule has 0 atom stereocenters. The van der Waals surface area contributed by atoms with Crippen molar-refractivity contribution in [3.63, 3.8) is 0 Å². The number of carbonyl (C=O) groups is 2. The van der Waals surface area contributed by atoms with Gasteiger partial charge in [-0.25, -0.2) is 0 Å². The van der Waals surface area contributed by atoms with Crippen LogP contribution in [0.25, 0.3) is 10.8 Å². The summed E-state index contributed by atoms with van der Waals surface area (Å²) < 4.78 is 0. The van der Waals surface area contributed by atoms with Gasteiger partial charge in [-0.15, -0.1) is 0 Å². The quantitative estimate of drug-likeness (QED) is 0.658. The van der Waals surface area contributed by atoms with Gasteiger partial charge in [0, 0.05) is 23.6 Å². The maximum atomic E-state index is 12.2. The summed E-state index contributed by atoms with van der Waals surface area (Å²) in [6.07, 6.45) is 2.02. The van der Waals surface area contributed by atoms with Crippen molar-refractivity contribution in [2.75, 3.05) is 7.05 Å². The first-order valence-corrected chi connectivity index (χ1v) is 6.08. The molecule has 3 heteroatoms. The monoisotopic (exact) mass is 237 g/mol. The molecule has 4 rings (SSSR count). The zero-order chi connectivity index (χ0) is 12.4. The highest BCUT2D eigenvalue weighted by molar-refractivity contribution is 6.26. The van der Waals surface area contributed by atoms with Gasteiger partial charge < -0.3 is 0 Å². The minimum atomic E-state index is -0.192. The maximum absolute atomic E-state index is 12.2. The molecule has 18 heavy (non-hydrogen) atoms. The van der Waals surface area contributed by atoms with Gasteiger partial charge in [0.25, 0.3) is 11.8 Å². The van der Waals surface area contributed by atoms with Crippen molar-refractivity contribution in [1.82, 2.24) is 4.90 Å². The highest BCUT2D eigenvalue weighted by Gasteiger charge is 2.32. The van der Waals surface area contributed by atoms with Crippen LogP contribution in [-0.4, -0.2) is 23.8 Å². The normalized spacial score (nSPS) is 16.8. The number of rotatable bonds is 0. The van der Waals surface area contributed by atoms with E-state index >= 15 is 0 Å². The fourth-order valence-electron chi connectivity index (χ4n) is 3.14. The summed E-state index contributed by atoms with van der Waals surface area (Å²) in [5.41, 5.74) is 3.84. The summed E-state index contributed by atoms with van der Waals surface area (Å²) in [7, 11) is 1.54. The number of amides is 2. The lowest BCUT2D eigenvalue weighted by atomic mass is 9.91. The van der Waals surface area contributed by atoms with E-state index in [1.807, 2.05) is 24.3 Å². The lowest BCUT2D eigenvalue weighted by molar-refractivity contribution is 0.0651. The molecular formula is C15H11NO2. The summed E-state index contributed by atoms with van der Waals surface area (Å²) in [6, 6.07) is 7.78. The van der Waals surface area contributed by atoms with Crippen molar-refractivity contribution >= 4 is 22.6 Å². The average molecular weight is 237 g/mol. The van der Waals surface area contributed by atoms with Crippen LogP contribution >= 0.6 is 0 Å². The van der Waals surface area contributed by atoms with E-state index in [-0.39, 0.29) is 11.8 Å². The zero-order valence-corrected chi connectivity index (χ0v) is 9.99. The van der Waals surface area contributed by atoms with Crippen molar-refractivity contribution in [3.05, 3.63) is 46.5 Å². The van der Waals surface area contributed by atoms with E-state index in [9.17, 15) is 9.59 Å². The molecule has 1 heterocycles. The van der Waals surface area contributed by atoms with Crippen LogP contribution in [0.3, 0.4) is 0 Å². The number of carbonyl (C=O) groups excluding carboxylic acids is 2. The fraction of sp³-hybridized carbons (Fsp3) is 0.200. The van der Waals surface area contributed by atoms with Gasteiger partial charge in [-0.2, -0.15) is 0 Å². The minimum absolute atomic E-state index is 0.192. The smallest absolute Gasteiger partial charge is 0.261 e. The van der Waals surface area contributed by atoms with E-state index in [2.05, 4.69) is 0 Å². The molecule has 2 aliphatic rings. The standard InChI is InChI=1S/C15H11NO2/c1-16-14(17)10-6-4-8-2-3-9-5-7-11(15(16)18)13(10)12(8)9/h4-7H,2-3H2,1H3. The van der Waals surface area contributed by atoms with Gasteiger partial charge in [0.1, 0.15) is 0 Å². The molecule has 0 aromatic heterocycles. The number of aryl methyl sites for hydroxylation is 2. The lowest BCUT2D eigenvalue weighted by Crippen LogP contribution is -2.36. The zero-order valence-electron chi connectivity index (χ0n) is 9.99. The molecule has 1 aliphatic heterocycles. The molecule has 2 amide bonds. The molecule has 88 valence electrons. The van der Waals surface area contributed by atoms with E-state index in [0.29, 0.717) is 11.1 Å². The Morgan fingerprint density at radius 3 is 1.83 bits per heavy atom. The van der Waals surface area contributed by atoms with Crippen LogP contribution in [0.1, 0.15) is 31.8 Å². The number of hydrogen-bond acceptors (Lipinski definition) is 2. The molecule has 3 nitrogen and oxygen atoms in total. The Bertz CT molecular complexity index is 687. The second-order valence-electron chi connectivity index (χ2n) is 4.96.